The summed E-state index contributed by atoms with van der Waals surface area (Å²) < 4.78 is 11.2. The quantitative estimate of drug-likeness (QED) is 0.662. The van der Waals surface area contributed by atoms with Gasteiger partial charge >= 0.3 is 6.03 Å². The SMILES string of the molecule is CCNC(=O)N1CCCS(=O)CC1. The molecule has 5 heteroatoms. The first-order chi connectivity index (χ1) is 6.24. The molecular formula is C8H16N2O2S. The smallest absolute Gasteiger partial charge is 0.317 e. The van der Waals surface area contributed by atoms with E-state index in [1.54, 1.807) is 4.90 Å². The maximum absolute atomic E-state index is 11.4. The highest BCUT2D eigenvalue weighted by atomic mass is 32.2. The van der Waals surface area contributed by atoms with Gasteiger partial charge in [-0.1, -0.05) is 0 Å². The van der Waals surface area contributed by atoms with Crippen molar-refractivity contribution in [2.45, 2.75) is 13.3 Å². The van der Waals surface area contributed by atoms with E-state index in [4.69, 9.17) is 0 Å². The van der Waals surface area contributed by atoms with E-state index < -0.39 is 10.8 Å². The zero-order valence-corrected chi connectivity index (χ0v) is 8.73. The normalized spacial score (nSPS) is 23.8. The van der Waals surface area contributed by atoms with Crippen molar-refractivity contribution >= 4 is 16.8 Å². The number of hydrogen-bond donors (Lipinski definition) is 1. The third kappa shape index (κ3) is 3.34. The molecule has 0 spiro atoms. The van der Waals surface area contributed by atoms with Gasteiger partial charge < -0.3 is 10.2 Å². The van der Waals surface area contributed by atoms with Crippen molar-refractivity contribution in [2.75, 3.05) is 31.1 Å². The second-order valence-electron chi connectivity index (χ2n) is 3.02. The Bertz CT molecular complexity index is 208. The second kappa shape index (κ2) is 5.21. The van der Waals surface area contributed by atoms with Gasteiger partial charge in [-0.25, -0.2) is 4.79 Å². The van der Waals surface area contributed by atoms with Crippen LogP contribution in [0.3, 0.4) is 0 Å². The lowest BCUT2D eigenvalue weighted by Gasteiger charge is -2.19. The largest absolute Gasteiger partial charge is 0.338 e. The van der Waals surface area contributed by atoms with E-state index in [2.05, 4.69) is 5.32 Å². The minimum absolute atomic E-state index is 0.0265. The molecule has 1 heterocycles. The number of amides is 2. The summed E-state index contributed by atoms with van der Waals surface area (Å²) in [7, 11) is -0.720. The van der Waals surface area contributed by atoms with E-state index in [1.807, 2.05) is 6.92 Å². The Kier molecular flexibility index (Phi) is 4.21. The van der Waals surface area contributed by atoms with Crippen LogP contribution in [0.15, 0.2) is 0 Å². The van der Waals surface area contributed by atoms with Gasteiger partial charge in [0.15, 0.2) is 0 Å². The molecule has 1 saturated heterocycles. The zero-order valence-electron chi connectivity index (χ0n) is 7.91. The van der Waals surface area contributed by atoms with Gasteiger partial charge in [0.1, 0.15) is 0 Å². The topological polar surface area (TPSA) is 49.4 Å². The summed E-state index contributed by atoms with van der Waals surface area (Å²) in [6, 6.07) is -0.0265. The molecule has 4 nitrogen and oxygen atoms in total. The van der Waals surface area contributed by atoms with Crippen LogP contribution >= 0.6 is 0 Å². The molecule has 1 aliphatic rings. The van der Waals surface area contributed by atoms with Crippen LogP contribution in [0.2, 0.25) is 0 Å². The Labute approximate surface area is 81.1 Å². The van der Waals surface area contributed by atoms with E-state index in [-0.39, 0.29) is 6.03 Å². The third-order valence-corrected chi connectivity index (χ3v) is 3.39. The standard InChI is InChI=1S/C8H16N2O2S/c1-2-9-8(11)10-4-3-6-13(12)7-5-10/h2-7H2,1H3,(H,9,11). The summed E-state index contributed by atoms with van der Waals surface area (Å²) in [5.41, 5.74) is 0. The Morgan fingerprint density at radius 1 is 1.46 bits per heavy atom. The van der Waals surface area contributed by atoms with Gasteiger partial charge in [-0.05, 0) is 13.3 Å². The average Bonchev–Trinajstić information content (AvgIpc) is 2.30. The Morgan fingerprint density at radius 2 is 2.23 bits per heavy atom. The van der Waals surface area contributed by atoms with Crippen molar-refractivity contribution in [1.29, 1.82) is 0 Å². The molecule has 76 valence electrons. The zero-order chi connectivity index (χ0) is 9.68. The molecule has 1 aliphatic heterocycles. The van der Waals surface area contributed by atoms with Gasteiger partial charge in [0.2, 0.25) is 0 Å². The van der Waals surface area contributed by atoms with Gasteiger partial charge in [-0.2, -0.15) is 0 Å². The van der Waals surface area contributed by atoms with Crippen LogP contribution in [-0.2, 0) is 10.8 Å². The first-order valence-corrected chi connectivity index (χ1v) is 6.10. The maximum Gasteiger partial charge on any atom is 0.317 e. The van der Waals surface area contributed by atoms with E-state index in [0.717, 1.165) is 18.7 Å². The fourth-order valence-corrected chi connectivity index (χ4v) is 2.39. The van der Waals surface area contributed by atoms with Crippen molar-refractivity contribution < 1.29 is 9.00 Å². The average molecular weight is 204 g/mol. The molecule has 1 unspecified atom stereocenters. The lowest BCUT2D eigenvalue weighted by Crippen LogP contribution is -2.41. The first kappa shape index (κ1) is 10.5. The predicted molar refractivity (Wildman–Crippen MR) is 53.1 cm³/mol. The molecule has 1 rings (SSSR count). The van der Waals surface area contributed by atoms with Crippen LogP contribution < -0.4 is 5.32 Å². The fourth-order valence-electron chi connectivity index (χ4n) is 1.31. The molecule has 0 bridgehead atoms. The minimum atomic E-state index is -0.720. The molecule has 0 aromatic rings. The number of carbonyl (C=O) groups excluding carboxylic acids is 1. The summed E-state index contributed by atoms with van der Waals surface area (Å²) >= 11 is 0. The summed E-state index contributed by atoms with van der Waals surface area (Å²) in [6.45, 7) is 3.91. The van der Waals surface area contributed by atoms with Crippen LogP contribution in [0.4, 0.5) is 4.79 Å². The molecule has 0 saturated carbocycles. The highest BCUT2D eigenvalue weighted by Gasteiger charge is 2.16. The third-order valence-electron chi connectivity index (χ3n) is 2.00. The summed E-state index contributed by atoms with van der Waals surface area (Å²) in [6.07, 6.45) is 0.851. The van der Waals surface area contributed by atoms with Gasteiger partial charge in [-0.15, -0.1) is 0 Å². The van der Waals surface area contributed by atoms with Crippen LogP contribution in [0, 0.1) is 0 Å². The van der Waals surface area contributed by atoms with Crippen molar-refractivity contribution in [1.82, 2.24) is 10.2 Å². The van der Waals surface area contributed by atoms with Crippen molar-refractivity contribution in [3.63, 3.8) is 0 Å². The van der Waals surface area contributed by atoms with Crippen molar-refractivity contribution in [2.24, 2.45) is 0 Å². The molecule has 0 radical (unpaired) electrons. The number of rotatable bonds is 1. The van der Waals surface area contributed by atoms with E-state index in [0.29, 0.717) is 18.8 Å². The van der Waals surface area contributed by atoms with E-state index in [1.165, 1.54) is 0 Å². The Balaban J connectivity index is 2.41. The van der Waals surface area contributed by atoms with Crippen LogP contribution in [0.1, 0.15) is 13.3 Å². The van der Waals surface area contributed by atoms with E-state index >= 15 is 0 Å². The van der Waals surface area contributed by atoms with Crippen LogP contribution in [0.25, 0.3) is 0 Å². The molecule has 13 heavy (non-hydrogen) atoms. The highest BCUT2D eigenvalue weighted by Crippen LogP contribution is 2.01. The van der Waals surface area contributed by atoms with Crippen molar-refractivity contribution in [3.05, 3.63) is 0 Å². The summed E-state index contributed by atoms with van der Waals surface area (Å²) in [5, 5.41) is 2.75. The summed E-state index contributed by atoms with van der Waals surface area (Å²) in [4.78, 5) is 13.1. The van der Waals surface area contributed by atoms with E-state index in [9.17, 15) is 9.00 Å². The number of urea groups is 1. The Hall–Kier alpha value is -0.580. The number of nitrogens with zero attached hydrogens (tertiary/aromatic N) is 1. The number of carbonyl (C=O) groups is 1. The van der Waals surface area contributed by atoms with Gasteiger partial charge in [0.05, 0.1) is 0 Å². The summed E-state index contributed by atoms with van der Waals surface area (Å²) in [5.74, 6) is 1.35. The molecule has 0 aromatic carbocycles. The minimum Gasteiger partial charge on any atom is -0.338 e. The molecule has 0 aliphatic carbocycles. The molecule has 1 atom stereocenters. The molecular weight excluding hydrogens is 188 g/mol. The molecule has 1 N–H and O–H groups in total. The maximum atomic E-state index is 11.4. The lowest BCUT2D eigenvalue weighted by atomic mass is 10.4. The van der Waals surface area contributed by atoms with Crippen LogP contribution in [-0.4, -0.2) is 46.3 Å². The molecule has 0 aromatic heterocycles. The molecule has 1 fully saturated rings. The Morgan fingerprint density at radius 3 is 2.92 bits per heavy atom. The number of nitrogens with one attached hydrogen (secondary N) is 1. The highest BCUT2D eigenvalue weighted by molar-refractivity contribution is 7.85. The molecule has 2 amide bonds. The second-order valence-corrected chi connectivity index (χ2v) is 4.72. The first-order valence-electron chi connectivity index (χ1n) is 4.61. The fraction of sp³-hybridized carbons (Fsp3) is 0.875. The monoisotopic (exact) mass is 204 g/mol. The van der Waals surface area contributed by atoms with Gasteiger partial charge in [-0.3, -0.25) is 4.21 Å². The van der Waals surface area contributed by atoms with Crippen molar-refractivity contribution in [3.8, 4) is 0 Å². The van der Waals surface area contributed by atoms with Gasteiger partial charge in [0.25, 0.3) is 0 Å². The predicted octanol–water partition coefficient (Wildman–Crippen LogP) is 0.170. The lowest BCUT2D eigenvalue weighted by molar-refractivity contribution is 0.202. The van der Waals surface area contributed by atoms with Crippen LogP contribution in [0.5, 0.6) is 0 Å². The number of hydrogen-bond acceptors (Lipinski definition) is 2. The van der Waals surface area contributed by atoms with Gasteiger partial charge in [0, 0.05) is 41.9 Å².